The number of sulfone groups is 1. The van der Waals surface area contributed by atoms with Crippen molar-refractivity contribution in [2.24, 2.45) is 4.99 Å². The Kier molecular flexibility index (Phi) is 6.87. The van der Waals surface area contributed by atoms with E-state index in [0.717, 1.165) is 6.54 Å². The second-order valence-electron chi connectivity index (χ2n) is 6.25. The third-order valence-electron chi connectivity index (χ3n) is 3.41. The number of aliphatic imine (C=N–C) groups is 1. The molecule has 1 aromatic rings. The molecule has 126 valence electrons. The maximum Gasteiger partial charge on any atom is 0.191 e. The first kappa shape index (κ1) is 19.0. The average Bonchev–Trinajstić information content (AvgIpc) is 2.95. The van der Waals surface area contributed by atoms with Crippen LogP contribution in [-0.4, -0.2) is 46.0 Å². The molecule has 0 aliphatic rings. The summed E-state index contributed by atoms with van der Waals surface area (Å²) in [5.41, 5.74) is 0.0157. The highest BCUT2D eigenvalue weighted by molar-refractivity contribution is 7.90. The highest BCUT2D eigenvalue weighted by atomic mass is 32.2. The zero-order chi connectivity index (χ0) is 16.8. The first-order valence-electron chi connectivity index (χ1n) is 7.33. The van der Waals surface area contributed by atoms with E-state index in [1.54, 1.807) is 18.4 Å². The van der Waals surface area contributed by atoms with Crippen LogP contribution < -0.4 is 10.6 Å². The molecule has 0 saturated heterocycles. The van der Waals surface area contributed by atoms with E-state index < -0.39 is 9.84 Å². The van der Waals surface area contributed by atoms with Gasteiger partial charge in [0.1, 0.15) is 9.84 Å². The van der Waals surface area contributed by atoms with E-state index in [9.17, 15) is 8.42 Å². The Labute approximate surface area is 138 Å². The summed E-state index contributed by atoms with van der Waals surface area (Å²) in [6, 6.07) is 4.24. The molecule has 0 amide bonds. The summed E-state index contributed by atoms with van der Waals surface area (Å²) in [6.45, 7) is 7.09. The molecule has 0 aliphatic carbocycles. The Hall–Kier alpha value is -1.08. The van der Waals surface area contributed by atoms with Crippen LogP contribution in [0.3, 0.4) is 0 Å². The van der Waals surface area contributed by atoms with E-state index >= 15 is 0 Å². The van der Waals surface area contributed by atoms with Gasteiger partial charge in [-0.3, -0.25) is 4.99 Å². The number of rotatable bonds is 7. The summed E-state index contributed by atoms with van der Waals surface area (Å²) in [5.74, 6) is 0.879. The van der Waals surface area contributed by atoms with Crippen molar-refractivity contribution in [3.8, 4) is 0 Å². The van der Waals surface area contributed by atoms with Crippen molar-refractivity contribution < 1.29 is 8.42 Å². The fourth-order valence-electron chi connectivity index (χ4n) is 1.95. The fourth-order valence-corrected chi connectivity index (χ4v) is 3.58. The van der Waals surface area contributed by atoms with Crippen LogP contribution in [-0.2, 0) is 15.3 Å². The molecule has 1 unspecified atom stereocenters. The molecule has 0 aromatic carbocycles. The molecule has 7 heteroatoms. The second-order valence-corrected chi connectivity index (χ2v) is 9.46. The normalized spacial score (nSPS) is 14.7. The summed E-state index contributed by atoms with van der Waals surface area (Å²) in [6.07, 6.45) is 1.82. The number of thiophene rings is 1. The van der Waals surface area contributed by atoms with Gasteiger partial charge < -0.3 is 10.6 Å². The van der Waals surface area contributed by atoms with Crippen molar-refractivity contribution >= 4 is 27.1 Å². The molecule has 0 fully saturated rings. The molecule has 1 aromatic heterocycles. The van der Waals surface area contributed by atoms with Crippen LogP contribution in [0.1, 0.15) is 32.1 Å². The lowest BCUT2D eigenvalue weighted by Gasteiger charge is -2.26. The second kappa shape index (κ2) is 7.97. The lowest BCUT2D eigenvalue weighted by Crippen LogP contribution is -2.46. The van der Waals surface area contributed by atoms with E-state index in [1.165, 1.54) is 11.1 Å². The molecule has 0 spiro atoms. The summed E-state index contributed by atoms with van der Waals surface area (Å²) in [5, 5.41) is 8.64. The van der Waals surface area contributed by atoms with Gasteiger partial charge in [0.15, 0.2) is 5.96 Å². The zero-order valence-corrected chi connectivity index (χ0v) is 15.6. The van der Waals surface area contributed by atoms with Crippen LogP contribution in [0.15, 0.2) is 22.5 Å². The smallest absolute Gasteiger partial charge is 0.191 e. The number of hydrogen-bond acceptors (Lipinski definition) is 4. The van der Waals surface area contributed by atoms with Crippen LogP contribution >= 0.6 is 11.3 Å². The minimum Gasteiger partial charge on any atom is -0.356 e. The van der Waals surface area contributed by atoms with Crippen molar-refractivity contribution in [3.05, 3.63) is 22.4 Å². The monoisotopic (exact) mass is 345 g/mol. The van der Waals surface area contributed by atoms with Crippen molar-refractivity contribution in [1.29, 1.82) is 0 Å². The van der Waals surface area contributed by atoms with Gasteiger partial charge in [0.25, 0.3) is 0 Å². The van der Waals surface area contributed by atoms with Crippen molar-refractivity contribution in [2.45, 2.75) is 38.6 Å². The molecular formula is C15H27N3O2S2. The van der Waals surface area contributed by atoms with E-state index in [0.29, 0.717) is 12.4 Å². The molecule has 5 nitrogen and oxygen atoms in total. The Morgan fingerprint density at radius 1 is 1.45 bits per heavy atom. The predicted molar refractivity (Wildman–Crippen MR) is 95.6 cm³/mol. The van der Waals surface area contributed by atoms with Crippen LogP contribution in [0.5, 0.6) is 0 Å². The Morgan fingerprint density at radius 2 is 2.14 bits per heavy atom. The number of nitrogens with zero attached hydrogens (tertiary/aromatic N) is 1. The third kappa shape index (κ3) is 6.79. The molecule has 0 aliphatic heterocycles. The minimum atomic E-state index is -2.93. The van der Waals surface area contributed by atoms with Crippen LogP contribution in [0.4, 0.5) is 0 Å². The molecule has 1 heterocycles. The molecular weight excluding hydrogens is 318 g/mol. The highest BCUT2D eigenvalue weighted by Gasteiger charge is 2.22. The van der Waals surface area contributed by atoms with Gasteiger partial charge in [-0.15, -0.1) is 11.3 Å². The largest absolute Gasteiger partial charge is 0.356 e. The molecule has 0 saturated carbocycles. The summed E-state index contributed by atoms with van der Waals surface area (Å²) >= 11 is 1.75. The average molecular weight is 346 g/mol. The van der Waals surface area contributed by atoms with E-state index in [-0.39, 0.29) is 17.2 Å². The molecule has 0 radical (unpaired) electrons. The Morgan fingerprint density at radius 3 is 2.64 bits per heavy atom. The van der Waals surface area contributed by atoms with E-state index in [1.807, 2.05) is 6.92 Å². The standard InChI is InChI=1S/C15H27N3O2S2/c1-12(8-10-22(5,19)20)18-14(16-4)17-11-15(2,3)13-7-6-9-21-13/h6-7,9,12H,8,10-11H2,1-5H3,(H2,16,17,18). The number of guanidine groups is 1. The van der Waals surface area contributed by atoms with Gasteiger partial charge in [0, 0.05) is 36.2 Å². The van der Waals surface area contributed by atoms with Gasteiger partial charge in [-0.25, -0.2) is 8.42 Å². The molecule has 22 heavy (non-hydrogen) atoms. The lowest BCUT2D eigenvalue weighted by atomic mass is 9.91. The predicted octanol–water partition coefficient (Wildman–Crippen LogP) is 2.01. The molecule has 1 rings (SSSR count). The van der Waals surface area contributed by atoms with Gasteiger partial charge >= 0.3 is 0 Å². The van der Waals surface area contributed by atoms with Gasteiger partial charge in [-0.1, -0.05) is 19.9 Å². The first-order valence-corrected chi connectivity index (χ1v) is 10.3. The first-order chi connectivity index (χ1) is 10.1. The van der Waals surface area contributed by atoms with Crippen LogP contribution in [0, 0.1) is 0 Å². The van der Waals surface area contributed by atoms with E-state index in [2.05, 4.69) is 47.0 Å². The number of hydrogen-bond donors (Lipinski definition) is 2. The zero-order valence-electron chi connectivity index (χ0n) is 14.0. The van der Waals surface area contributed by atoms with Gasteiger partial charge in [0.2, 0.25) is 0 Å². The molecule has 1 atom stereocenters. The molecule has 2 N–H and O–H groups in total. The van der Waals surface area contributed by atoms with Crippen molar-refractivity contribution in [3.63, 3.8) is 0 Å². The summed E-state index contributed by atoms with van der Waals surface area (Å²) < 4.78 is 22.4. The quantitative estimate of drug-likeness (QED) is 0.586. The lowest BCUT2D eigenvalue weighted by molar-refractivity contribution is 0.512. The maximum absolute atomic E-state index is 11.2. The van der Waals surface area contributed by atoms with E-state index in [4.69, 9.17) is 0 Å². The minimum absolute atomic E-state index is 0.0157. The summed E-state index contributed by atoms with van der Waals surface area (Å²) in [4.78, 5) is 5.53. The van der Waals surface area contributed by atoms with Crippen molar-refractivity contribution in [1.82, 2.24) is 10.6 Å². The summed E-state index contributed by atoms with van der Waals surface area (Å²) in [7, 11) is -1.21. The number of nitrogens with one attached hydrogen (secondary N) is 2. The Bertz CT molecular complexity index is 578. The van der Waals surface area contributed by atoms with Gasteiger partial charge in [-0.2, -0.15) is 0 Å². The third-order valence-corrected chi connectivity index (χ3v) is 5.63. The highest BCUT2D eigenvalue weighted by Crippen LogP contribution is 2.26. The van der Waals surface area contributed by atoms with Crippen LogP contribution in [0.2, 0.25) is 0 Å². The maximum atomic E-state index is 11.2. The van der Waals surface area contributed by atoms with Gasteiger partial charge in [0.05, 0.1) is 5.75 Å². The SMILES string of the molecule is CN=C(NCC(C)(C)c1cccs1)NC(C)CCS(C)(=O)=O. The van der Waals surface area contributed by atoms with Crippen LogP contribution in [0.25, 0.3) is 0 Å². The Balaban J connectivity index is 2.49. The molecule has 0 bridgehead atoms. The fraction of sp³-hybridized carbons (Fsp3) is 0.667. The topological polar surface area (TPSA) is 70.6 Å². The van der Waals surface area contributed by atoms with Crippen molar-refractivity contribution in [2.75, 3.05) is 25.6 Å². The van der Waals surface area contributed by atoms with Gasteiger partial charge in [-0.05, 0) is 24.8 Å².